The fraction of sp³-hybridized carbons (Fsp3) is 0.529. The number of carbonyl (C=O) groups excluding carboxylic acids is 1. The molecule has 1 amide bonds. The SMILES string of the molecule is O=C(O)C1CCCN1C(=O)CC1CC(c2ccccc2)C1. The zero-order valence-electron chi connectivity index (χ0n) is 12.1. The molecule has 1 aromatic carbocycles. The molecule has 0 bridgehead atoms. The van der Waals surface area contributed by atoms with Gasteiger partial charge < -0.3 is 10.0 Å². The number of carbonyl (C=O) groups is 2. The molecule has 4 nitrogen and oxygen atoms in total. The van der Waals surface area contributed by atoms with Crippen LogP contribution in [0.25, 0.3) is 0 Å². The molecular weight excluding hydrogens is 266 g/mol. The van der Waals surface area contributed by atoms with E-state index >= 15 is 0 Å². The quantitative estimate of drug-likeness (QED) is 0.926. The van der Waals surface area contributed by atoms with Crippen LogP contribution in [0.5, 0.6) is 0 Å². The van der Waals surface area contributed by atoms with Crippen LogP contribution in [0.2, 0.25) is 0 Å². The number of benzene rings is 1. The third-order valence-corrected chi connectivity index (χ3v) is 4.83. The summed E-state index contributed by atoms with van der Waals surface area (Å²) in [7, 11) is 0. The van der Waals surface area contributed by atoms with Crippen molar-refractivity contribution in [2.24, 2.45) is 5.92 Å². The second-order valence-corrected chi connectivity index (χ2v) is 6.23. The van der Waals surface area contributed by atoms with E-state index in [2.05, 4.69) is 24.3 Å². The molecule has 1 saturated heterocycles. The van der Waals surface area contributed by atoms with Gasteiger partial charge in [-0.15, -0.1) is 0 Å². The molecule has 21 heavy (non-hydrogen) atoms. The minimum absolute atomic E-state index is 0.0245. The normalized spacial score (nSPS) is 28.2. The lowest BCUT2D eigenvalue weighted by Gasteiger charge is -2.36. The third-order valence-electron chi connectivity index (χ3n) is 4.83. The topological polar surface area (TPSA) is 57.6 Å². The summed E-state index contributed by atoms with van der Waals surface area (Å²) in [4.78, 5) is 25.0. The molecule has 1 saturated carbocycles. The summed E-state index contributed by atoms with van der Waals surface area (Å²) in [5, 5.41) is 9.13. The first-order valence-corrected chi connectivity index (χ1v) is 7.72. The molecule has 1 unspecified atom stereocenters. The predicted octanol–water partition coefficient (Wildman–Crippen LogP) is 2.65. The first-order valence-electron chi connectivity index (χ1n) is 7.72. The Morgan fingerprint density at radius 3 is 2.57 bits per heavy atom. The van der Waals surface area contributed by atoms with Gasteiger partial charge in [0.05, 0.1) is 0 Å². The second-order valence-electron chi connectivity index (χ2n) is 6.23. The highest BCUT2D eigenvalue weighted by molar-refractivity contribution is 5.84. The minimum atomic E-state index is -0.864. The van der Waals surface area contributed by atoms with E-state index < -0.39 is 12.0 Å². The highest BCUT2D eigenvalue weighted by Gasteiger charge is 2.37. The maximum absolute atomic E-state index is 12.3. The largest absolute Gasteiger partial charge is 0.480 e. The Labute approximate surface area is 124 Å². The van der Waals surface area contributed by atoms with E-state index in [1.165, 1.54) is 5.56 Å². The van der Waals surface area contributed by atoms with Crippen LogP contribution in [0.3, 0.4) is 0 Å². The first-order chi connectivity index (χ1) is 10.1. The lowest BCUT2D eigenvalue weighted by Crippen LogP contribution is -2.42. The smallest absolute Gasteiger partial charge is 0.326 e. The Morgan fingerprint density at radius 2 is 1.90 bits per heavy atom. The van der Waals surface area contributed by atoms with Gasteiger partial charge in [-0.1, -0.05) is 30.3 Å². The summed E-state index contributed by atoms with van der Waals surface area (Å²) in [6.07, 6.45) is 3.99. The molecule has 2 aliphatic rings. The van der Waals surface area contributed by atoms with Crippen LogP contribution in [-0.4, -0.2) is 34.5 Å². The van der Waals surface area contributed by atoms with Crippen LogP contribution in [0.4, 0.5) is 0 Å². The molecule has 1 aromatic rings. The highest BCUT2D eigenvalue weighted by atomic mass is 16.4. The van der Waals surface area contributed by atoms with Crippen molar-refractivity contribution in [3.05, 3.63) is 35.9 Å². The van der Waals surface area contributed by atoms with Crippen LogP contribution < -0.4 is 0 Å². The number of carboxylic acid groups (broad SMARTS) is 1. The fourth-order valence-electron chi connectivity index (χ4n) is 3.59. The molecule has 112 valence electrons. The van der Waals surface area contributed by atoms with Crippen LogP contribution in [0, 0.1) is 5.92 Å². The van der Waals surface area contributed by atoms with Crippen LogP contribution >= 0.6 is 0 Å². The average Bonchev–Trinajstić information content (AvgIpc) is 2.92. The van der Waals surface area contributed by atoms with Crippen molar-refractivity contribution in [3.63, 3.8) is 0 Å². The van der Waals surface area contributed by atoms with E-state index in [1.807, 2.05) is 6.07 Å². The van der Waals surface area contributed by atoms with Gasteiger partial charge in [0, 0.05) is 13.0 Å². The lowest BCUT2D eigenvalue weighted by molar-refractivity contribution is -0.148. The Kier molecular flexibility index (Phi) is 3.95. The summed E-state index contributed by atoms with van der Waals surface area (Å²) in [6.45, 7) is 0.602. The minimum Gasteiger partial charge on any atom is -0.480 e. The van der Waals surface area contributed by atoms with E-state index in [-0.39, 0.29) is 5.91 Å². The van der Waals surface area contributed by atoms with Gasteiger partial charge in [0.25, 0.3) is 0 Å². The van der Waals surface area contributed by atoms with Crippen LogP contribution in [0.1, 0.15) is 43.6 Å². The van der Waals surface area contributed by atoms with Gasteiger partial charge >= 0.3 is 5.97 Å². The van der Waals surface area contributed by atoms with Crippen molar-refractivity contribution in [2.75, 3.05) is 6.54 Å². The van der Waals surface area contributed by atoms with Crippen molar-refractivity contribution < 1.29 is 14.7 Å². The van der Waals surface area contributed by atoms with Crippen LogP contribution in [0.15, 0.2) is 30.3 Å². The van der Waals surface area contributed by atoms with Gasteiger partial charge in [0.1, 0.15) is 6.04 Å². The number of hydrogen-bond acceptors (Lipinski definition) is 2. The Morgan fingerprint density at radius 1 is 1.19 bits per heavy atom. The van der Waals surface area contributed by atoms with Crippen molar-refractivity contribution in [1.82, 2.24) is 4.90 Å². The van der Waals surface area contributed by atoms with Gasteiger partial charge in [0.15, 0.2) is 0 Å². The summed E-state index contributed by atoms with van der Waals surface area (Å²) < 4.78 is 0. The maximum atomic E-state index is 12.3. The Hall–Kier alpha value is -1.84. The average molecular weight is 287 g/mol. The van der Waals surface area contributed by atoms with Gasteiger partial charge in [-0.3, -0.25) is 4.79 Å². The van der Waals surface area contributed by atoms with E-state index in [9.17, 15) is 9.59 Å². The monoisotopic (exact) mass is 287 g/mol. The highest BCUT2D eigenvalue weighted by Crippen LogP contribution is 2.43. The van der Waals surface area contributed by atoms with Gasteiger partial charge in [-0.2, -0.15) is 0 Å². The number of aliphatic carboxylic acids is 1. The third kappa shape index (κ3) is 2.94. The Balaban J connectivity index is 1.50. The molecule has 1 atom stereocenters. The molecule has 1 aliphatic carbocycles. The Bertz CT molecular complexity index is 522. The van der Waals surface area contributed by atoms with Crippen molar-refractivity contribution in [3.8, 4) is 0 Å². The lowest BCUT2D eigenvalue weighted by atomic mass is 9.70. The number of hydrogen-bond donors (Lipinski definition) is 1. The van der Waals surface area contributed by atoms with Gasteiger partial charge in [-0.25, -0.2) is 4.79 Å². The molecule has 1 aliphatic heterocycles. The first kappa shape index (κ1) is 14.1. The number of likely N-dealkylation sites (tertiary alicyclic amines) is 1. The van der Waals surface area contributed by atoms with Gasteiger partial charge in [0.2, 0.25) is 5.91 Å². The van der Waals surface area contributed by atoms with Gasteiger partial charge in [-0.05, 0) is 43.1 Å². The molecule has 0 radical (unpaired) electrons. The fourth-order valence-corrected chi connectivity index (χ4v) is 3.59. The van der Waals surface area contributed by atoms with Crippen LogP contribution in [-0.2, 0) is 9.59 Å². The van der Waals surface area contributed by atoms with E-state index in [1.54, 1.807) is 4.90 Å². The standard InChI is InChI=1S/C17H21NO3/c19-16(18-8-4-7-15(18)17(20)21)11-12-9-14(10-12)13-5-2-1-3-6-13/h1-3,5-6,12,14-15H,4,7-11H2,(H,20,21). The van der Waals surface area contributed by atoms with E-state index in [0.29, 0.717) is 31.2 Å². The molecular formula is C17H21NO3. The predicted molar refractivity (Wildman–Crippen MR) is 78.9 cm³/mol. The number of carboxylic acids is 1. The summed E-state index contributed by atoms with van der Waals surface area (Å²) in [5.41, 5.74) is 1.35. The summed E-state index contributed by atoms with van der Waals surface area (Å²) >= 11 is 0. The van der Waals surface area contributed by atoms with E-state index in [4.69, 9.17) is 5.11 Å². The molecule has 0 aromatic heterocycles. The maximum Gasteiger partial charge on any atom is 0.326 e. The number of nitrogens with zero attached hydrogens (tertiary/aromatic N) is 1. The molecule has 1 heterocycles. The van der Waals surface area contributed by atoms with Crippen molar-refractivity contribution in [2.45, 2.75) is 44.1 Å². The zero-order chi connectivity index (χ0) is 14.8. The molecule has 0 spiro atoms. The molecule has 3 rings (SSSR count). The molecule has 4 heteroatoms. The van der Waals surface area contributed by atoms with Crippen molar-refractivity contribution in [1.29, 1.82) is 0 Å². The number of amides is 1. The zero-order valence-corrected chi connectivity index (χ0v) is 12.1. The molecule has 1 N–H and O–H groups in total. The second kappa shape index (κ2) is 5.88. The van der Waals surface area contributed by atoms with Crippen molar-refractivity contribution >= 4 is 11.9 Å². The summed E-state index contributed by atoms with van der Waals surface area (Å²) in [6, 6.07) is 9.81. The number of rotatable bonds is 4. The van der Waals surface area contributed by atoms with E-state index in [0.717, 1.165) is 19.3 Å². The molecule has 2 fully saturated rings. The summed E-state index contributed by atoms with van der Waals surface area (Å²) in [5.74, 6) is 0.142.